The van der Waals surface area contributed by atoms with Crippen LogP contribution in [0.2, 0.25) is 0 Å². The summed E-state index contributed by atoms with van der Waals surface area (Å²) in [5.41, 5.74) is 0.745. The molecule has 23 heavy (non-hydrogen) atoms. The Hall–Kier alpha value is -2.77. The minimum Gasteiger partial charge on any atom is -0.480 e. The lowest BCUT2D eigenvalue weighted by Gasteiger charge is -2.30. The van der Waals surface area contributed by atoms with Crippen molar-refractivity contribution in [3.8, 4) is 5.88 Å². The molecule has 8 nitrogen and oxygen atoms in total. The topological polar surface area (TPSA) is 81.3 Å². The lowest BCUT2D eigenvalue weighted by molar-refractivity contribution is 0.386. The van der Waals surface area contributed by atoms with Gasteiger partial charge in [0.25, 0.3) is 0 Å². The molecule has 118 valence electrons. The van der Waals surface area contributed by atoms with Gasteiger partial charge in [0.1, 0.15) is 0 Å². The Labute approximate surface area is 133 Å². The second-order valence-electron chi connectivity index (χ2n) is 5.51. The number of hydrogen-bond donors (Lipinski definition) is 0. The predicted octanol–water partition coefficient (Wildman–Crippen LogP) is 1.31. The number of nitrogens with zero attached hydrogens (tertiary/aromatic N) is 7. The smallest absolute Gasteiger partial charge is 0.231 e. The van der Waals surface area contributed by atoms with Crippen molar-refractivity contribution in [2.45, 2.75) is 18.8 Å². The van der Waals surface area contributed by atoms with Crippen LogP contribution in [0.15, 0.2) is 30.6 Å². The van der Waals surface area contributed by atoms with Gasteiger partial charge in [0.15, 0.2) is 11.5 Å². The van der Waals surface area contributed by atoms with Gasteiger partial charge in [-0.2, -0.15) is 4.52 Å². The monoisotopic (exact) mass is 311 g/mol. The van der Waals surface area contributed by atoms with Crippen LogP contribution in [0.4, 0.5) is 5.95 Å². The van der Waals surface area contributed by atoms with Gasteiger partial charge in [-0.25, -0.2) is 9.97 Å². The van der Waals surface area contributed by atoms with Crippen LogP contribution < -0.4 is 9.64 Å². The molecule has 1 saturated heterocycles. The summed E-state index contributed by atoms with van der Waals surface area (Å²) < 4.78 is 6.99. The summed E-state index contributed by atoms with van der Waals surface area (Å²) in [5.74, 6) is 2.57. The van der Waals surface area contributed by atoms with Gasteiger partial charge < -0.3 is 9.64 Å². The van der Waals surface area contributed by atoms with Crippen LogP contribution in [-0.4, -0.2) is 50.0 Å². The summed E-state index contributed by atoms with van der Waals surface area (Å²) in [6, 6.07) is 5.50. The molecule has 1 aliphatic rings. The molecule has 0 radical (unpaired) electrons. The molecular formula is C15H17N7O. The van der Waals surface area contributed by atoms with E-state index in [9.17, 15) is 0 Å². The van der Waals surface area contributed by atoms with Gasteiger partial charge in [-0.1, -0.05) is 0 Å². The summed E-state index contributed by atoms with van der Waals surface area (Å²) in [7, 11) is 1.61. The van der Waals surface area contributed by atoms with Crippen molar-refractivity contribution in [3.05, 3.63) is 36.4 Å². The Kier molecular flexibility index (Phi) is 3.49. The van der Waals surface area contributed by atoms with Gasteiger partial charge in [-0.05, 0) is 25.0 Å². The molecule has 0 aliphatic carbocycles. The molecule has 8 heteroatoms. The molecule has 0 atom stereocenters. The Morgan fingerprint density at radius 2 is 1.87 bits per heavy atom. The minimum atomic E-state index is 0.324. The highest BCUT2D eigenvalue weighted by atomic mass is 16.5. The molecule has 0 aromatic carbocycles. The Morgan fingerprint density at radius 3 is 2.61 bits per heavy atom. The van der Waals surface area contributed by atoms with E-state index in [1.807, 2.05) is 12.1 Å². The molecule has 1 aliphatic heterocycles. The van der Waals surface area contributed by atoms with Gasteiger partial charge in [-0.3, -0.25) is 0 Å². The average molecular weight is 311 g/mol. The van der Waals surface area contributed by atoms with E-state index in [-0.39, 0.29) is 0 Å². The Balaban J connectivity index is 1.54. The number of piperidine rings is 1. The maximum Gasteiger partial charge on any atom is 0.231 e. The maximum atomic E-state index is 5.20. The predicted molar refractivity (Wildman–Crippen MR) is 83.6 cm³/mol. The second-order valence-corrected chi connectivity index (χ2v) is 5.51. The minimum absolute atomic E-state index is 0.324. The molecule has 0 saturated carbocycles. The highest BCUT2D eigenvalue weighted by Crippen LogP contribution is 2.28. The van der Waals surface area contributed by atoms with Crippen molar-refractivity contribution in [2.24, 2.45) is 0 Å². The number of fused-ring (bicyclic) bond motifs is 1. The van der Waals surface area contributed by atoms with Gasteiger partial charge in [0.05, 0.1) is 7.11 Å². The van der Waals surface area contributed by atoms with Crippen LogP contribution in [0.1, 0.15) is 24.6 Å². The zero-order chi connectivity index (χ0) is 15.6. The second kappa shape index (κ2) is 5.79. The number of rotatable bonds is 3. The number of methoxy groups -OCH3 is 1. The summed E-state index contributed by atoms with van der Waals surface area (Å²) >= 11 is 0. The third-order valence-corrected chi connectivity index (χ3v) is 4.17. The molecule has 1 fully saturated rings. The first-order chi connectivity index (χ1) is 11.3. The summed E-state index contributed by atoms with van der Waals surface area (Å²) in [6.07, 6.45) is 5.49. The number of hydrogen-bond acceptors (Lipinski definition) is 7. The largest absolute Gasteiger partial charge is 0.480 e. The average Bonchev–Trinajstić information content (AvgIpc) is 3.05. The van der Waals surface area contributed by atoms with Crippen molar-refractivity contribution in [2.75, 3.05) is 25.1 Å². The van der Waals surface area contributed by atoms with E-state index in [1.54, 1.807) is 30.1 Å². The zero-order valence-electron chi connectivity index (χ0n) is 12.8. The quantitative estimate of drug-likeness (QED) is 0.721. The number of anilines is 1. The molecule has 4 rings (SSSR count). The van der Waals surface area contributed by atoms with Crippen LogP contribution >= 0.6 is 0 Å². The Morgan fingerprint density at radius 1 is 1.09 bits per heavy atom. The van der Waals surface area contributed by atoms with Crippen molar-refractivity contribution in [3.63, 3.8) is 0 Å². The van der Waals surface area contributed by atoms with Crippen LogP contribution in [0, 0.1) is 0 Å². The first kappa shape index (κ1) is 13.9. The fraction of sp³-hybridized carbons (Fsp3) is 0.400. The fourth-order valence-electron chi connectivity index (χ4n) is 2.94. The molecule has 3 aromatic rings. The van der Waals surface area contributed by atoms with Crippen molar-refractivity contribution in [1.82, 2.24) is 29.8 Å². The normalized spacial score (nSPS) is 16.0. The number of aromatic nitrogens is 6. The van der Waals surface area contributed by atoms with E-state index in [2.05, 4.69) is 30.2 Å². The third-order valence-electron chi connectivity index (χ3n) is 4.17. The van der Waals surface area contributed by atoms with E-state index >= 15 is 0 Å². The first-order valence-corrected chi connectivity index (χ1v) is 7.63. The van der Waals surface area contributed by atoms with Crippen molar-refractivity contribution in [1.29, 1.82) is 0 Å². The van der Waals surface area contributed by atoms with E-state index in [0.717, 1.165) is 43.4 Å². The number of ether oxygens (including phenoxy) is 1. The van der Waals surface area contributed by atoms with Gasteiger partial charge >= 0.3 is 0 Å². The van der Waals surface area contributed by atoms with Gasteiger partial charge in [0.2, 0.25) is 11.8 Å². The first-order valence-electron chi connectivity index (χ1n) is 7.63. The van der Waals surface area contributed by atoms with Gasteiger partial charge in [0, 0.05) is 37.5 Å². The molecular weight excluding hydrogens is 294 g/mol. The molecule has 0 N–H and O–H groups in total. The van der Waals surface area contributed by atoms with Crippen molar-refractivity contribution >= 4 is 11.6 Å². The Bertz CT molecular complexity index is 796. The summed E-state index contributed by atoms with van der Waals surface area (Å²) in [4.78, 5) is 10.8. The van der Waals surface area contributed by atoms with Crippen LogP contribution in [0.25, 0.3) is 5.65 Å². The maximum absolute atomic E-state index is 5.20. The molecule has 3 aromatic heterocycles. The van der Waals surface area contributed by atoms with Crippen LogP contribution in [-0.2, 0) is 0 Å². The van der Waals surface area contributed by atoms with Crippen molar-refractivity contribution < 1.29 is 4.74 Å². The highest BCUT2D eigenvalue weighted by Gasteiger charge is 2.26. The molecule has 0 bridgehead atoms. The molecule has 0 unspecified atom stereocenters. The molecule has 0 amide bonds. The van der Waals surface area contributed by atoms with E-state index in [4.69, 9.17) is 4.74 Å². The summed E-state index contributed by atoms with van der Waals surface area (Å²) in [6.45, 7) is 1.79. The molecule has 0 spiro atoms. The standard InChI is InChI=1S/C15H17N7O/c1-23-13-4-3-12-18-19-14(22(12)20-13)11-5-9-21(10-6-11)15-16-7-2-8-17-15/h2-4,7-8,11H,5-6,9-10H2,1H3. The zero-order valence-corrected chi connectivity index (χ0v) is 12.8. The lowest BCUT2D eigenvalue weighted by atomic mass is 9.96. The van der Waals surface area contributed by atoms with Crippen LogP contribution in [0.3, 0.4) is 0 Å². The fourth-order valence-corrected chi connectivity index (χ4v) is 2.94. The third kappa shape index (κ3) is 2.56. The lowest BCUT2D eigenvalue weighted by Crippen LogP contribution is -2.34. The van der Waals surface area contributed by atoms with Crippen LogP contribution in [0.5, 0.6) is 5.88 Å². The SMILES string of the molecule is COc1ccc2nnc(C3CCN(c4ncccn4)CC3)n2n1. The van der Waals surface area contributed by atoms with E-state index < -0.39 is 0 Å². The highest BCUT2D eigenvalue weighted by molar-refractivity contribution is 5.38. The molecule has 4 heterocycles. The van der Waals surface area contributed by atoms with E-state index in [1.165, 1.54) is 0 Å². The summed E-state index contributed by atoms with van der Waals surface area (Å²) in [5, 5.41) is 13.0. The van der Waals surface area contributed by atoms with E-state index in [0.29, 0.717) is 11.8 Å². The van der Waals surface area contributed by atoms with Gasteiger partial charge in [-0.15, -0.1) is 15.3 Å².